The van der Waals surface area contributed by atoms with Crippen molar-refractivity contribution in [3.63, 3.8) is 0 Å². The van der Waals surface area contributed by atoms with Crippen LogP contribution in [0.25, 0.3) is 0 Å². The van der Waals surface area contributed by atoms with Crippen molar-refractivity contribution in [2.45, 2.75) is 51.6 Å². The van der Waals surface area contributed by atoms with Crippen LogP contribution in [0.3, 0.4) is 0 Å². The average molecular weight is 405 g/mol. The fourth-order valence-corrected chi connectivity index (χ4v) is 3.86. The first-order valence-corrected chi connectivity index (χ1v) is 10.1. The highest BCUT2D eigenvalue weighted by Crippen LogP contribution is 2.44. The van der Waals surface area contributed by atoms with Gasteiger partial charge in [0, 0.05) is 5.92 Å². The minimum Gasteiger partial charge on any atom is -0.495 e. The van der Waals surface area contributed by atoms with Crippen molar-refractivity contribution < 1.29 is 29.2 Å². The zero-order valence-corrected chi connectivity index (χ0v) is 17.4. The standard InChI is InChI=1S/C23H32O6/c1-5-18-22(29-15-17-11-9-8-10-12-17)21(25)16(4)14-23(18,26)19(27-6-2)13-20(24)28-7-3/h5,8-13,16,18,21-22,25-26H,1,6-7,14-15H2,2-4H3/b19-13-/t16-,18+,21-,22-,23-/m1/s1. The molecule has 6 nitrogen and oxygen atoms in total. The summed E-state index contributed by atoms with van der Waals surface area (Å²) in [7, 11) is 0. The highest BCUT2D eigenvalue weighted by molar-refractivity contribution is 5.82. The van der Waals surface area contributed by atoms with Crippen LogP contribution in [0.4, 0.5) is 0 Å². The molecule has 5 atom stereocenters. The molecule has 0 aromatic heterocycles. The number of hydrogen-bond acceptors (Lipinski definition) is 6. The molecule has 0 bridgehead atoms. The van der Waals surface area contributed by atoms with Crippen LogP contribution in [-0.4, -0.2) is 47.2 Å². The van der Waals surface area contributed by atoms with Crippen molar-refractivity contribution in [3.8, 4) is 0 Å². The molecule has 0 radical (unpaired) electrons. The average Bonchev–Trinajstić information content (AvgIpc) is 2.70. The number of hydrogen-bond donors (Lipinski definition) is 2. The molecule has 160 valence electrons. The van der Waals surface area contributed by atoms with Crippen LogP contribution >= 0.6 is 0 Å². The predicted octanol–water partition coefficient (Wildman–Crippen LogP) is 2.99. The van der Waals surface area contributed by atoms with E-state index in [-0.39, 0.29) is 37.9 Å². The number of aliphatic hydroxyl groups excluding tert-OH is 1. The Kier molecular flexibility index (Phi) is 8.44. The van der Waals surface area contributed by atoms with Gasteiger partial charge in [0.2, 0.25) is 0 Å². The smallest absolute Gasteiger partial charge is 0.334 e. The topological polar surface area (TPSA) is 85.2 Å². The molecular weight excluding hydrogens is 372 g/mol. The molecule has 1 saturated carbocycles. The highest BCUT2D eigenvalue weighted by atomic mass is 16.5. The third-order valence-corrected chi connectivity index (χ3v) is 5.26. The minimum atomic E-state index is -1.55. The summed E-state index contributed by atoms with van der Waals surface area (Å²) in [6.07, 6.45) is 1.42. The van der Waals surface area contributed by atoms with Crippen molar-refractivity contribution in [1.82, 2.24) is 0 Å². The molecule has 1 aromatic carbocycles. The first kappa shape index (κ1) is 23.1. The third-order valence-electron chi connectivity index (χ3n) is 5.26. The van der Waals surface area contributed by atoms with Crippen LogP contribution < -0.4 is 0 Å². The van der Waals surface area contributed by atoms with E-state index in [0.717, 1.165) is 5.56 Å². The fraction of sp³-hybridized carbons (Fsp3) is 0.522. The lowest BCUT2D eigenvalue weighted by molar-refractivity contribution is -0.178. The lowest BCUT2D eigenvalue weighted by Crippen LogP contribution is -2.58. The number of ether oxygens (including phenoxy) is 3. The van der Waals surface area contributed by atoms with E-state index in [1.54, 1.807) is 19.9 Å². The molecule has 0 saturated heterocycles. The van der Waals surface area contributed by atoms with Crippen LogP contribution in [0.2, 0.25) is 0 Å². The third kappa shape index (κ3) is 5.47. The fourth-order valence-electron chi connectivity index (χ4n) is 3.86. The van der Waals surface area contributed by atoms with E-state index in [0.29, 0.717) is 0 Å². The number of rotatable bonds is 9. The maximum absolute atomic E-state index is 12.1. The highest BCUT2D eigenvalue weighted by Gasteiger charge is 2.53. The second-order valence-corrected chi connectivity index (χ2v) is 7.31. The van der Waals surface area contributed by atoms with Gasteiger partial charge in [0.1, 0.15) is 11.4 Å². The molecule has 2 rings (SSSR count). The summed E-state index contributed by atoms with van der Waals surface area (Å²) in [6, 6.07) is 9.60. The summed E-state index contributed by atoms with van der Waals surface area (Å²) in [5, 5.41) is 22.4. The largest absolute Gasteiger partial charge is 0.495 e. The Labute approximate surface area is 172 Å². The van der Waals surface area contributed by atoms with Crippen LogP contribution in [0, 0.1) is 11.8 Å². The molecule has 2 N–H and O–H groups in total. The Morgan fingerprint density at radius 3 is 2.48 bits per heavy atom. The van der Waals surface area contributed by atoms with Gasteiger partial charge in [-0.25, -0.2) is 4.79 Å². The van der Waals surface area contributed by atoms with Gasteiger partial charge >= 0.3 is 5.97 Å². The van der Waals surface area contributed by atoms with Gasteiger partial charge in [-0.2, -0.15) is 0 Å². The van der Waals surface area contributed by atoms with E-state index in [1.165, 1.54) is 6.08 Å². The summed E-state index contributed by atoms with van der Waals surface area (Å²) < 4.78 is 16.7. The van der Waals surface area contributed by atoms with Gasteiger partial charge in [-0.15, -0.1) is 6.58 Å². The molecule has 1 aliphatic rings. The van der Waals surface area contributed by atoms with E-state index in [2.05, 4.69) is 6.58 Å². The van der Waals surface area contributed by atoms with E-state index < -0.39 is 29.7 Å². The van der Waals surface area contributed by atoms with Gasteiger partial charge in [0.05, 0.1) is 38.1 Å². The van der Waals surface area contributed by atoms with Crippen molar-refractivity contribution in [3.05, 3.63) is 60.4 Å². The van der Waals surface area contributed by atoms with Crippen molar-refractivity contribution in [2.24, 2.45) is 11.8 Å². The Morgan fingerprint density at radius 1 is 1.24 bits per heavy atom. The maximum Gasteiger partial charge on any atom is 0.334 e. The van der Waals surface area contributed by atoms with E-state index in [9.17, 15) is 15.0 Å². The SMILES string of the molecule is C=C[C@H]1[C@@H](OCc2ccccc2)[C@H](O)[C@H](C)C[C@]1(O)/C(=C/C(=O)OCC)OCC. The second kappa shape index (κ2) is 10.6. The zero-order chi connectivity index (χ0) is 21.4. The normalized spacial score (nSPS) is 29.9. The van der Waals surface area contributed by atoms with Gasteiger partial charge in [-0.05, 0) is 31.7 Å². The molecule has 0 spiro atoms. The Hall–Kier alpha value is -2.15. The van der Waals surface area contributed by atoms with Crippen molar-refractivity contribution in [1.29, 1.82) is 0 Å². The molecule has 0 unspecified atom stereocenters. The number of carbonyl (C=O) groups excluding carboxylic acids is 1. The summed E-state index contributed by atoms with van der Waals surface area (Å²) >= 11 is 0. The van der Waals surface area contributed by atoms with Gasteiger partial charge in [-0.1, -0.05) is 43.3 Å². The van der Waals surface area contributed by atoms with Gasteiger partial charge in [-0.3, -0.25) is 0 Å². The maximum atomic E-state index is 12.1. The van der Waals surface area contributed by atoms with E-state index in [4.69, 9.17) is 14.2 Å². The second-order valence-electron chi connectivity index (χ2n) is 7.31. The van der Waals surface area contributed by atoms with Gasteiger partial charge in [0.25, 0.3) is 0 Å². The van der Waals surface area contributed by atoms with Crippen LogP contribution in [0.1, 0.15) is 32.8 Å². The quantitative estimate of drug-likeness (QED) is 0.285. The molecule has 1 aromatic rings. The Bertz CT molecular complexity index is 701. The van der Waals surface area contributed by atoms with Gasteiger partial charge in [0.15, 0.2) is 0 Å². The summed E-state index contributed by atoms with van der Waals surface area (Å²) in [6.45, 7) is 9.93. The lowest BCUT2D eigenvalue weighted by Gasteiger charge is -2.48. The zero-order valence-electron chi connectivity index (χ0n) is 17.4. The summed E-state index contributed by atoms with van der Waals surface area (Å²) in [5.41, 5.74) is -0.596. The Morgan fingerprint density at radius 2 is 1.90 bits per heavy atom. The molecule has 0 amide bonds. The lowest BCUT2D eigenvalue weighted by atomic mass is 9.67. The van der Waals surface area contributed by atoms with Crippen LogP contribution in [-0.2, 0) is 25.6 Å². The number of carbonyl (C=O) groups is 1. The molecule has 0 aliphatic heterocycles. The van der Waals surface area contributed by atoms with Crippen LogP contribution in [0.5, 0.6) is 0 Å². The van der Waals surface area contributed by atoms with Crippen molar-refractivity contribution in [2.75, 3.05) is 13.2 Å². The molecule has 1 fully saturated rings. The number of esters is 1. The van der Waals surface area contributed by atoms with E-state index >= 15 is 0 Å². The number of aliphatic hydroxyl groups is 2. The predicted molar refractivity (Wildman–Crippen MR) is 110 cm³/mol. The van der Waals surface area contributed by atoms with Crippen LogP contribution in [0.15, 0.2) is 54.8 Å². The Balaban J connectivity index is 2.35. The molecule has 6 heteroatoms. The number of benzene rings is 1. The first-order valence-electron chi connectivity index (χ1n) is 10.1. The molecule has 1 aliphatic carbocycles. The summed E-state index contributed by atoms with van der Waals surface area (Å²) in [5.74, 6) is -1.45. The summed E-state index contributed by atoms with van der Waals surface area (Å²) in [4.78, 5) is 12.1. The van der Waals surface area contributed by atoms with E-state index in [1.807, 2.05) is 37.3 Å². The first-order chi connectivity index (χ1) is 13.9. The monoisotopic (exact) mass is 404 g/mol. The molecular formula is C23H32O6. The molecule has 0 heterocycles. The van der Waals surface area contributed by atoms with Crippen molar-refractivity contribution >= 4 is 5.97 Å². The molecule has 29 heavy (non-hydrogen) atoms. The van der Waals surface area contributed by atoms with Gasteiger partial charge < -0.3 is 24.4 Å². The minimum absolute atomic E-state index is 0.107.